The van der Waals surface area contributed by atoms with Gasteiger partial charge in [-0.1, -0.05) is 52.0 Å². The fourth-order valence-corrected chi connectivity index (χ4v) is 4.18. The summed E-state index contributed by atoms with van der Waals surface area (Å²) in [7, 11) is 0. The summed E-state index contributed by atoms with van der Waals surface area (Å²) in [5.41, 5.74) is 1.37. The third kappa shape index (κ3) is 7.17. The van der Waals surface area contributed by atoms with Gasteiger partial charge in [-0.05, 0) is 50.5 Å². The van der Waals surface area contributed by atoms with E-state index in [0.29, 0.717) is 13.3 Å². The van der Waals surface area contributed by atoms with Crippen LogP contribution in [0.3, 0.4) is 0 Å². The number of hydrogen-bond donors (Lipinski definition) is 0. The molecule has 3 heterocycles. The molecule has 0 fully saturated rings. The second kappa shape index (κ2) is 13.5. The second-order valence-electron chi connectivity index (χ2n) is 6.35. The molecule has 0 spiro atoms. The Balaban J connectivity index is 0.000000153. The molecule has 2 aliphatic heterocycles. The summed E-state index contributed by atoms with van der Waals surface area (Å²) < 4.78 is 0. The van der Waals surface area contributed by atoms with Gasteiger partial charge in [0, 0.05) is 4.88 Å². The van der Waals surface area contributed by atoms with Gasteiger partial charge in [-0.25, -0.2) is 4.98 Å². The molecule has 6 rings (SSSR count). The van der Waals surface area contributed by atoms with Crippen molar-refractivity contribution < 1.29 is 0 Å². The van der Waals surface area contributed by atoms with Crippen molar-refractivity contribution in [3.8, 4) is 0 Å². The smallest absolute Gasteiger partial charge is 0.130 e. The molecule has 0 bridgehead atoms. The minimum Gasteiger partial charge on any atom is -0.260 e. The molecule has 164 valence electrons. The van der Waals surface area contributed by atoms with E-state index < -0.39 is 0 Å². The van der Waals surface area contributed by atoms with Crippen molar-refractivity contribution in [1.82, 2.24) is 4.98 Å². The molecule has 1 aliphatic carbocycles. The maximum absolute atomic E-state index is 4.41. The number of benzene rings is 2. The molecule has 5 nitrogen and oxygen atoms in total. The number of aryl methyl sites for hydroxylation is 3. The van der Waals surface area contributed by atoms with Crippen molar-refractivity contribution in [2.45, 2.75) is 53.9 Å². The Morgan fingerprint density at radius 2 is 1.06 bits per heavy atom. The Morgan fingerprint density at radius 3 is 1.45 bits per heavy atom. The first-order chi connectivity index (χ1) is 15.3. The summed E-state index contributed by atoms with van der Waals surface area (Å²) >= 11 is 1.87. The number of hydrogen-bond acceptors (Lipinski definition) is 6. The number of aromatic nitrogens is 1. The van der Waals surface area contributed by atoms with Crippen molar-refractivity contribution in [3.63, 3.8) is 0 Å². The summed E-state index contributed by atoms with van der Waals surface area (Å²) in [5.74, 6) is 0. The monoisotopic (exact) mass is 435 g/mol. The van der Waals surface area contributed by atoms with Gasteiger partial charge in [-0.3, -0.25) is 20.0 Å². The van der Waals surface area contributed by atoms with Crippen LogP contribution in [0.15, 0.2) is 68.5 Å². The van der Waals surface area contributed by atoms with Gasteiger partial charge in [-0.2, -0.15) is 0 Å². The van der Waals surface area contributed by atoms with Gasteiger partial charge in [0.15, 0.2) is 0 Å². The minimum absolute atomic E-state index is 0.610. The van der Waals surface area contributed by atoms with Gasteiger partial charge in [0.2, 0.25) is 0 Å². The highest BCUT2D eigenvalue weighted by atomic mass is 32.1. The third-order valence-electron chi connectivity index (χ3n) is 4.43. The average Bonchev–Trinajstić information content (AvgIpc) is 3.61. The molecule has 3 aromatic rings. The van der Waals surface area contributed by atoms with Crippen LogP contribution >= 0.6 is 11.3 Å². The lowest BCUT2D eigenvalue weighted by atomic mass is 10.3. The molecule has 0 unspecified atom stereocenters. The zero-order chi connectivity index (χ0) is 22.5. The number of fused-ring (bicyclic) bond motifs is 3. The first-order valence-corrected chi connectivity index (χ1v) is 11.9. The molecule has 1 aromatic heterocycles. The van der Waals surface area contributed by atoms with Gasteiger partial charge < -0.3 is 0 Å². The lowest BCUT2D eigenvalue weighted by Gasteiger charge is -1.80. The maximum atomic E-state index is 4.41. The highest BCUT2D eigenvalue weighted by molar-refractivity contribution is 7.11. The van der Waals surface area contributed by atoms with Gasteiger partial charge in [-0.15, -0.1) is 11.3 Å². The van der Waals surface area contributed by atoms with E-state index in [1.165, 1.54) is 34.8 Å². The fraction of sp³-hybridized carbons (Fsp3) is 0.400. The largest absolute Gasteiger partial charge is 0.260 e. The minimum atomic E-state index is 0.610. The van der Waals surface area contributed by atoms with Crippen LogP contribution in [0.25, 0.3) is 0 Å². The average molecular weight is 436 g/mol. The maximum Gasteiger partial charge on any atom is 0.130 e. The summed E-state index contributed by atoms with van der Waals surface area (Å²) in [6, 6.07) is 15.8. The molecule has 0 N–H and O–H groups in total. The van der Waals surface area contributed by atoms with E-state index in [1.54, 1.807) is 0 Å². The topological polar surface area (TPSA) is 62.3 Å². The van der Waals surface area contributed by atoms with Crippen LogP contribution < -0.4 is 21.4 Å². The molecular formula is C25H33N5S. The molecule has 0 atom stereocenters. The first-order valence-electron chi connectivity index (χ1n) is 11.1. The molecular weight excluding hydrogens is 402 g/mol. The molecule has 0 radical (unpaired) electrons. The Hall–Kier alpha value is -2.73. The summed E-state index contributed by atoms with van der Waals surface area (Å²) in [6.45, 7) is 11.3. The van der Waals surface area contributed by atoms with Crippen LogP contribution in [0.2, 0.25) is 0 Å². The SMILES string of the molecule is CC.CC.Cc1nc2c(s1)CCC2.c1ccc2c(c1)=NCN=2.c1ccc2c(c1)=NCN=2. The third-order valence-corrected chi connectivity index (χ3v) is 5.50. The van der Waals surface area contributed by atoms with E-state index in [-0.39, 0.29) is 0 Å². The molecule has 0 amide bonds. The Bertz CT molecular complexity index is 1020. The van der Waals surface area contributed by atoms with Crippen molar-refractivity contribution >= 4 is 11.3 Å². The summed E-state index contributed by atoms with van der Waals surface area (Å²) in [4.78, 5) is 22.5. The molecule has 3 aliphatic rings. The van der Waals surface area contributed by atoms with Crippen LogP contribution in [0, 0.1) is 6.92 Å². The zero-order valence-corrected chi connectivity index (χ0v) is 20.1. The number of nitrogens with zero attached hydrogens (tertiary/aromatic N) is 5. The van der Waals surface area contributed by atoms with Gasteiger partial charge in [0.25, 0.3) is 0 Å². The van der Waals surface area contributed by atoms with Crippen LogP contribution in [-0.4, -0.2) is 18.3 Å². The Labute approximate surface area is 189 Å². The summed E-state index contributed by atoms with van der Waals surface area (Å²) in [5, 5.41) is 5.34. The van der Waals surface area contributed by atoms with E-state index in [0.717, 1.165) is 21.4 Å². The number of para-hydroxylation sites is 4. The van der Waals surface area contributed by atoms with Crippen LogP contribution in [0.1, 0.15) is 49.7 Å². The van der Waals surface area contributed by atoms with Gasteiger partial charge in [0.1, 0.15) is 13.3 Å². The Kier molecular flexibility index (Phi) is 10.7. The number of thiazole rings is 1. The van der Waals surface area contributed by atoms with Gasteiger partial charge >= 0.3 is 0 Å². The lowest BCUT2D eigenvalue weighted by Crippen LogP contribution is -2.19. The predicted molar refractivity (Wildman–Crippen MR) is 129 cm³/mol. The highest BCUT2D eigenvalue weighted by Gasteiger charge is 2.14. The fourth-order valence-electron chi connectivity index (χ4n) is 3.16. The van der Waals surface area contributed by atoms with Crippen LogP contribution in [-0.2, 0) is 12.8 Å². The molecule has 31 heavy (non-hydrogen) atoms. The standard InChI is InChI=1S/2C7H6N2.C7H9NS.2C2H6/c2*1-2-4-7-6(3-1)8-5-9-7;1-5-8-6-3-2-4-7(6)9-5;2*1-2/h2*1-4H,5H2;2-4H2,1H3;2*1-2H3. The highest BCUT2D eigenvalue weighted by Crippen LogP contribution is 2.26. The van der Waals surface area contributed by atoms with Crippen molar-refractivity contribution in [3.05, 3.63) is 85.5 Å². The van der Waals surface area contributed by atoms with E-state index in [2.05, 4.69) is 31.9 Å². The predicted octanol–water partition coefficient (Wildman–Crippen LogP) is 3.79. The van der Waals surface area contributed by atoms with E-state index in [4.69, 9.17) is 0 Å². The molecule has 0 saturated carbocycles. The molecule has 2 aromatic carbocycles. The van der Waals surface area contributed by atoms with Crippen molar-refractivity contribution in [2.24, 2.45) is 20.0 Å². The zero-order valence-electron chi connectivity index (χ0n) is 19.3. The first kappa shape index (κ1) is 24.5. The van der Waals surface area contributed by atoms with E-state index in [1.807, 2.05) is 87.6 Å². The summed E-state index contributed by atoms with van der Waals surface area (Å²) in [6.07, 6.45) is 3.83. The quantitative estimate of drug-likeness (QED) is 0.530. The normalized spacial score (nSPS) is 13.1. The Morgan fingerprint density at radius 1 is 0.645 bits per heavy atom. The van der Waals surface area contributed by atoms with E-state index >= 15 is 0 Å². The van der Waals surface area contributed by atoms with Crippen LogP contribution in [0.5, 0.6) is 0 Å². The number of rotatable bonds is 0. The lowest BCUT2D eigenvalue weighted by molar-refractivity contribution is 0.896. The van der Waals surface area contributed by atoms with E-state index in [9.17, 15) is 0 Å². The molecule has 0 saturated heterocycles. The van der Waals surface area contributed by atoms with Gasteiger partial charge in [0.05, 0.1) is 32.1 Å². The van der Waals surface area contributed by atoms with Crippen LogP contribution in [0.4, 0.5) is 0 Å². The molecule has 6 heteroatoms. The second-order valence-corrected chi connectivity index (χ2v) is 7.64. The van der Waals surface area contributed by atoms with Crippen molar-refractivity contribution in [2.75, 3.05) is 13.3 Å². The van der Waals surface area contributed by atoms with Crippen molar-refractivity contribution in [1.29, 1.82) is 0 Å².